The fraction of sp³-hybridized carbons (Fsp3) is 0.250. The number of ether oxygens (including phenoxy) is 1. The van der Waals surface area contributed by atoms with Gasteiger partial charge >= 0.3 is 0 Å². The Balaban J connectivity index is 1.98. The van der Waals surface area contributed by atoms with Gasteiger partial charge in [-0.15, -0.1) is 0 Å². The van der Waals surface area contributed by atoms with Crippen LogP contribution in [0.15, 0.2) is 53.4 Å². The number of sulfone groups is 1. The van der Waals surface area contributed by atoms with Gasteiger partial charge in [-0.05, 0) is 30.2 Å². The Hall–Kier alpha value is -2.01. The van der Waals surface area contributed by atoms with Gasteiger partial charge in [-0.2, -0.15) is 0 Å². The van der Waals surface area contributed by atoms with Gasteiger partial charge in [-0.25, -0.2) is 8.42 Å². The zero-order valence-electron chi connectivity index (χ0n) is 11.7. The van der Waals surface area contributed by atoms with E-state index in [1.165, 1.54) is 0 Å². The lowest BCUT2D eigenvalue weighted by Crippen LogP contribution is -2.24. The molecule has 3 rings (SSSR count). The van der Waals surface area contributed by atoms with E-state index >= 15 is 0 Å². The third-order valence-corrected chi connectivity index (χ3v) is 5.56. The molecule has 1 aliphatic heterocycles. The normalized spacial score (nSPS) is 19.6. The molecule has 1 heterocycles. The molecule has 4 nitrogen and oxygen atoms in total. The molecule has 110 valence electrons. The van der Waals surface area contributed by atoms with Crippen LogP contribution < -0.4 is 10.1 Å². The van der Waals surface area contributed by atoms with Crippen molar-refractivity contribution in [2.24, 2.45) is 0 Å². The van der Waals surface area contributed by atoms with E-state index in [0.29, 0.717) is 11.3 Å². The van der Waals surface area contributed by atoms with Gasteiger partial charge in [0.05, 0.1) is 29.5 Å². The monoisotopic (exact) mass is 303 g/mol. The third kappa shape index (κ3) is 2.61. The predicted molar refractivity (Wildman–Crippen MR) is 82.5 cm³/mol. The van der Waals surface area contributed by atoms with Crippen LogP contribution in [0, 0.1) is 0 Å². The number of methoxy groups -OCH3 is 1. The van der Waals surface area contributed by atoms with Crippen LogP contribution in [0.5, 0.6) is 5.75 Å². The molecule has 0 fully saturated rings. The summed E-state index contributed by atoms with van der Waals surface area (Å²) in [5.41, 5.74) is 1.70. The Morgan fingerprint density at radius 1 is 1.10 bits per heavy atom. The van der Waals surface area contributed by atoms with Crippen LogP contribution in [-0.4, -0.2) is 21.3 Å². The average Bonchev–Trinajstić information content (AvgIpc) is 2.51. The number of hydrogen-bond donors (Lipinski definition) is 1. The summed E-state index contributed by atoms with van der Waals surface area (Å²) in [7, 11) is -1.53. The second-order valence-corrected chi connectivity index (χ2v) is 7.12. The Morgan fingerprint density at radius 3 is 2.62 bits per heavy atom. The molecule has 1 atom stereocenters. The first-order valence-corrected chi connectivity index (χ1v) is 8.48. The minimum absolute atomic E-state index is 0.0268. The summed E-state index contributed by atoms with van der Waals surface area (Å²) in [5, 5.41) is 3.40. The fourth-order valence-corrected chi connectivity index (χ4v) is 4.31. The lowest BCUT2D eigenvalue weighted by atomic mass is 10.0. The van der Waals surface area contributed by atoms with Gasteiger partial charge in [-0.1, -0.05) is 30.3 Å². The summed E-state index contributed by atoms with van der Waals surface area (Å²) in [5.74, 6) is 0.917. The maximum Gasteiger partial charge on any atom is 0.178 e. The molecule has 0 saturated carbocycles. The first kappa shape index (κ1) is 13.9. The van der Waals surface area contributed by atoms with Crippen LogP contribution in [0.2, 0.25) is 0 Å². The predicted octanol–water partition coefficient (Wildman–Crippen LogP) is 3.03. The summed E-state index contributed by atoms with van der Waals surface area (Å²) in [6, 6.07) is 14.8. The van der Waals surface area contributed by atoms with Crippen LogP contribution >= 0.6 is 0 Å². The highest BCUT2D eigenvalue weighted by molar-refractivity contribution is 7.91. The minimum atomic E-state index is -3.15. The summed E-state index contributed by atoms with van der Waals surface area (Å²) in [6.07, 6.45) is 0.553. The molecule has 0 bridgehead atoms. The molecule has 0 aliphatic carbocycles. The second kappa shape index (κ2) is 5.41. The Morgan fingerprint density at radius 2 is 1.81 bits per heavy atom. The average molecular weight is 303 g/mol. The van der Waals surface area contributed by atoms with Crippen molar-refractivity contribution in [1.82, 2.24) is 0 Å². The molecule has 1 N–H and O–H groups in total. The highest BCUT2D eigenvalue weighted by atomic mass is 32.2. The topological polar surface area (TPSA) is 55.4 Å². The highest BCUT2D eigenvalue weighted by Crippen LogP contribution is 2.36. The zero-order valence-corrected chi connectivity index (χ0v) is 12.6. The molecular weight excluding hydrogens is 286 g/mol. The van der Waals surface area contributed by atoms with Crippen LogP contribution in [0.4, 0.5) is 5.69 Å². The fourth-order valence-electron chi connectivity index (χ4n) is 2.69. The van der Waals surface area contributed by atoms with Gasteiger partial charge in [0.15, 0.2) is 9.84 Å². The maximum atomic E-state index is 12.1. The van der Waals surface area contributed by atoms with Gasteiger partial charge < -0.3 is 10.1 Å². The number of rotatable bonds is 3. The maximum absolute atomic E-state index is 12.1. The van der Waals surface area contributed by atoms with E-state index in [1.807, 2.05) is 36.4 Å². The first-order chi connectivity index (χ1) is 10.1. The van der Waals surface area contributed by atoms with Gasteiger partial charge in [0.1, 0.15) is 5.75 Å². The molecule has 0 aromatic heterocycles. The van der Waals surface area contributed by atoms with Crippen molar-refractivity contribution in [1.29, 1.82) is 0 Å². The molecular formula is C16H17NO3S. The van der Waals surface area contributed by atoms with E-state index < -0.39 is 9.84 Å². The van der Waals surface area contributed by atoms with Gasteiger partial charge in [0.25, 0.3) is 0 Å². The molecule has 0 amide bonds. The minimum Gasteiger partial charge on any atom is -0.495 e. The number of nitrogens with one attached hydrogen (secondary N) is 1. The van der Waals surface area contributed by atoms with Crippen LogP contribution in [0.3, 0.4) is 0 Å². The van der Waals surface area contributed by atoms with E-state index in [0.717, 1.165) is 17.0 Å². The molecule has 5 heteroatoms. The van der Waals surface area contributed by atoms with Crippen molar-refractivity contribution >= 4 is 15.5 Å². The molecule has 0 radical (unpaired) electrons. The van der Waals surface area contributed by atoms with Gasteiger partial charge in [0, 0.05) is 0 Å². The number of hydrogen-bond acceptors (Lipinski definition) is 4. The Bertz CT molecular complexity index is 756. The van der Waals surface area contributed by atoms with Crippen molar-refractivity contribution in [3.8, 4) is 5.75 Å². The van der Waals surface area contributed by atoms with Crippen molar-refractivity contribution < 1.29 is 13.2 Å². The summed E-state index contributed by atoms with van der Waals surface area (Å²) >= 11 is 0. The smallest absolute Gasteiger partial charge is 0.178 e. The van der Waals surface area contributed by atoms with Crippen molar-refractivity contribution in [2.45, 2.75) is 17.4 Å². The number of para-hydroxylation sites is 2. The van der Waals surface area contributed by atoms with Crippen LogP contribution in [-0.2, 0) is 9.84 Å². The van der Waals surface area contributed by atoms with Crippen molar-refractivity contribution in [3.05, 3.63) is 54.1 Å². The molecule has 0 saturated heterocycles. The summed E-state index contributed by atoms with van der Waals surface area (Å²) in [4.78, 5) is 0.434. The molecule has 1 unspecified atom stereocenters. The Kier molecular flexibility index (Phi) is 3.59. The quantitative estimate of drug-likeness (QED) is 0.947. The van der Waals surface area contributed by atoms with E-state index in [2.05, 4.69) is 5.32 Å². The van der Waals surface area contributed by atoms with E-state index in [1.54, 1.807) is 19.2 Å². The van der Waals surface area contributed by atoms with Crippen molar-refractivity contribution in [3.63, 3.8) is 0 Å². The van der Waals surface area contributed by atoms with E-state index in [9.17, 15) is 8.42 Å². The standard InChI is InChI=1S/C16H17NO3S/c1-20-15-8-4-3-7-14(15)17-13-10-11-21(18,19)16-9-5-2-6-12(13)16/h2-9,13,17H,10-11H2,1H3. The largest absolute Gasteiger partial charge is 0.495 e. The summed E-state index contributed by atoms with van der Waals surface area (Å²) in [6.45, 7) is 0. The van der Waals surface area contributed by atoms with E-state index in [-0.39, 0.29) is 11.8 Å². The third-order valence-electron chi connectivity index (χ3n) is 3.74. The summed E-state index contributed by atoms with van der Waals surface area (Å²) < 4.78 is 29.6. The van der Waals surface area contributed by atoms with Crippen molar-refractivity contribution in [2.75, 3.05) is 18.2 Å². The molecule has 1 aliphatic rings. The SMILES string of the molecule is COc1ccccc1NC1CCS(=O)(=O)c2ccccc21. The first-order valence-electron chi connectivity index (χ1n) is 6.83. The van der Waals surface area contributed by atoms with E-state index in [4.69, 9.17) is 4.74 Å². The van der Waals surface area contributed by atoms with Crippen LogP contribution in [0.25, 0.3) is 0 Å². The van der Waals surface area contributed by atoms with Gasteiger partial charge in [0.2, 0.25) is 0 Å². The number of anilines is 1. The van der Waals surface area contributed by atoms with Crippen LogP contribution in [0.1, 0.15) is 18.0 Å². The molecule has 21 heavy (non-hydrogen) atoms. The second-order valence-electron chi connectivity index (χ2n) is 5.04. The molecule has 0 spiro atoms. The zero-order chi connectivity index (χ0) is 14.9. The van der Waals surface area contributed by atoms with Gasteiger partial charge in [-0.3, -0.25) is 0 Å². The lowest BCUT2D eigenvalue weighted by Gasteiger charge is -2.27. The number of fused-ring (bicyclic) bond motifs is 1. The molecule has 2 aromatic carbocycles. The molecule has 2 aromatic rings. The number of benzene rings is 2. The lowest BCUT2D eigenvalue weighted by molar-refractivity contribution is 0.416. The highest BCUT2D eigenvalue weighted by Gasteiger charge is 2.30. The Labute approximate surface area is 124 Å².